The zero-order valence-corrected chi connectivity index (χ0v) is 12.7. The first-order valence-corrected chi connectivity index (χ1v) is 7.64. The summed E-state index contributed by atoms with van der Waals surface area (Å²) >= 11 is 0. The van der Waals surface area contributed by atoms with Crippen LogP contribution in [0.15, 0.2) is 4.52 Å². The van der Waals surface area contributed by atoms with Crippen molar-refractivity contribution in [2.24, 2.45) is 5.92 Å². The Morgan fingerprint density at radius 3 is 2.45 bits per heavy atom. The van der Waals surface area contributed by atoms with Crippen molar-refractivity contribution in [3.63, 3.8) is 0 Å². The van der Waals surface area contributed by atoms with E-state index in [0.717, 1.165) is 25.7 Å². The standard InChI is InChI=1S/C15H25N3O2/c1-11(2)10-13(19)17-15(8-6-4-5-7-9-15)14-16-12(3)20-18-14/h11H,4-10H2,1-3H3,(H,17,19). The van der Waals surface area contributed by atoms with Crippen molar-refractivity contribution >= 4 is 5.91 Å². The van der Waals surface area contributed by atoms with Crippen molar-refractivity contribution in [1.29, 1.82) is 0 Å². The third-order valence-electron chi connectivity index (χ3n) is 3.89. The summed E-state index contributed by atoms with van der Waals surface area (Å²) in [6, 6.07) is 0. The second-order valence-corrected chi connectivity index (χ2v) is 6.28. The fraction of sp³-hybridized carbons (Fsp3) is 0.800. The van der Waals surface area contributed by atoms with E-state index in [1.807, 2.05) is 0 Å². The predicted octanol–water partition coefficient (Wildman–Crippen LogP) is 3.09. The smallest absolute Gasteiger partial charge is 0.223 e. The summed E-state index contributed by atoms with van der Waals surface area (Å²) in [6.07, 6.45) is 6.94. The number of amides is 1. The average molecular weight is 279 g/mol. The van der Waals surface area contributed by atoms with Crippen molar-refractivity contribution in [1.82, 2.24) is 15.5 Å². The first kappa shape index (κ1) is 15.0. The van der Waals surface area contributed by atoms with Crippen LogP contribution in [-0.2, 0) is 10.3 Å². The summed E-state index contributed by atoms with van der Waals surface area (Å²) < 4.78 is 5.13. The maximum absolute atomic E-state index is 12.2. The number of hydrogen-bond acceptors (Lipinski definition) is 4. The van der Waals surface area contributed by atoms with Gasteiger partial charge < -0.3 is 9.84 Å². The van der Waals surface area contributed by atoms with Gasteiger partial charge in [-0.05, 0) is 18.8 Å². The van der Waals surface area contributed by atoms with Gasteiger partial charge in [-0.25, -0.2) is 0 Å². The van der Waals surface area contributed by atoms with Gasteiger partial charge in [0.05, 0.1) is 0 Å². The number of nitrogens with zero attached hydrogens (tertiary/aromatic N) is 2. The van der Waals surface area contributed by atoms with Crippen LogP contribution in [0.3, 0.4) is 0 Å². The molecule has 1 heterocycles. The Morgan fingerprint density at radius 1 is 1.30 bits per heavy atom. The molecule has 1 saturated carbocycles. The Kier molecular flexibility index (Phi) is 4.78. The van der Waals surface area contributed by atoms with Crippen LogP contribution in [0.2, 0.25) is 0 Å². The maximum atomic E-state index is 12.2. The van der Waals surface area contributed by atoms with Crippen LogP contribution >= 0.6 is 0 Å². The Hall–Kier alpha value is -1.39. The molecule has 20 heavy (non-hydrogen) atoms. The molecule has 0 aromatic carbocycles. The molecule has 1 aliphatic rings. The van der Waals surface area contributed by atoms with Crippen LogP contribution in [-0.4, -0.2) is 16.0 Å². The third-order valence-corrected chi connectivity index (χ3v) is 3.89. The molecule has 1 aromatic heterocycles. The number of hydrogen-bond donors (Lipinski definition) is 1. The molecule has 2 rings (SSSR count). The molecule has 1 aliphatic carbocycles. The largest absolute Gasteiger partial charge is 0.343 e. The fourth-order valence-corrected chi connectivity index (χ4v) is 2.92. The van der Waals surface area contributed by atoms with Crippen molar-refractivity contribution in [2.75, 3.05) is 0 Å². The Morgan fingerprint density at radius 2 is 1.95 bits per heavy atom. The van der Waals surface area contributed by atoms with E-state index >= 15 is 0 Å². The van der Waals surface area contributed by atoms with E-state index in [1.165, 1.54) is 12.8 Å². The van der Waals surface area contributed by atoms with Crippen LogP contribution in [0, 0.1) is 12.8 Å². The molecule has 0 aliphatic heterocycles. The molecule has 1 N–H and O–H groups in total. The molecule has 1 amide bonds. The summed E-state index contributed by atoms with van der Waals surface area (Å²) in [5.41, 5.74) is -0.430. The highest BCUT2D eigenvalue weighted by Gasteiger charge is 2.38. The molecule has 1 aromatic rings. The predicted molar refractivity (Wildman–Crippen MR) is 76.0 cm³/mol. The summed E-state index contributed by atoms with van der Waals surface area (Å²) in [5.74, 6) is 1.64. The molecular weight excluding hydrogens is 254 g/mol. The lowest BCUT2D eigenvalue weighted by Gasteiger charge is -2.31. The quantitative estimate of drug-likeness (QED) is 0.860. The second kappa shape index (κ2) is 6.37. The molecule has 5 nitrogen and oxygen atoms in total. The Bertz CT molecular complexity index is 446. The van der Waals surface area contributed by atoms with Crippen molar-refractivity contribution in [2.45, 2.75) is 71.3 Å². The van der Waals surface area contributed by atoms with Crippen molar-refractivity contribution in [3.05, 3.63) is 11.7 Å². The zero-order valence-electron chi connectivity index (χ0n) is 12.7. The number of aryl methyl sites for hydroxylation is 1. The minimum Gasteiger partial charge on any atom is -0.343 e. The molecule has 0 saturated heterocycles. The van der Waals surface area contributed by atoms with Crippen LogP contribution in [0.5, 0.6) is 0 Å². The molecule has 0 atom stereocenters. The first-order chi connectivity index (χ1) is 9.52. The second-order valence-electron chi connectivity index (χ2n) is 6.28. The fourth-order valence-electron chi connectivity index (χ4n) is 2.92. The van der Waals surface area contributed by atoms with Crippen molar-refractivity contribution in [3.8, 4) is 0 Å². The number of carbonyl (C=O) groups is 1. The highest BCUT2D eigenvalue weighted by atomic mass is 16.5. The highest BCUT2D eigenvalue weighted by Crippen LogP contribution is 2.34. The zero-order chi connectivity index (χ0) is 14.6. The topological polar surface area (TPSA) is 68.0 Å². The van der Waals surface area contributed by atoms with Gasteiger partial charge in [0.15, 0.2) is 5.82 Å². The van der Waals surface area contributed by atoms with E-state index in [9.17, 15) is 4.79 Å². The van der Waals surface area contributed by atoms with E-state index in [4.69, 9.17) is 4.52 Å². The minimum absolute atomic E-state index is 0.0874. The van der Waals surface area contributed by atoms with Crippen LogP contribution in [0.25, 0.3) is 0 Å². The maximum Gasteiger partial charge on any atom is 0.223 e. The summed E-state index contributed by atoms with van der Waals surface area (Å²) in [5, 5.41) is 7.29. The lowest BCUT2D eigenvalue weighted by Crippen LogP contribution is -2.46. The van der Waals surface area contributed by atoms with E-state index in [2.05, 4.69) is 29.3 Å². The van der Waals surface area contributed by atoms with Gasteiger partial charge in [-0.15, -0.1) is 0 Å². The van der Waals surface area contributed by atoms with E-state index in [-0.39, 0.29) is 5.91 Å². The third kappa shape index (κ3) is 3.58. The SMILES string of the molecule is Cc1nc(C2(NC(=O)CC(C)C)CCCCCC2)no1. The van der Waals surface area contributed by atoms with E-state index in [1.54, 1.807) is 6.92 Å². The summed E-state index contributed by atoms with van der Waals surface area (Å²) in [6.45, 7) is 5.90. The lowest BCUT2D eigenvalue weighted by atomic mass is 9.88. The molecule has 0 bridgehead atoms. The molecule has 5 heteroatoms. The Labute approximate surface area is 120 Å². The van der Waals surface area contributed by atoms with Gasteiger partial charge in [-0.1, -0.05) is 44.7 Å². The van der Waals surface area contributed by atoms with Gasteiger partial charge in [0.2, 0.25) is 11.8 Å². The lowest BCUT2D eigenvalue weighted by molar-refractivity contribution is -0.124. The summed E-state index contributed by atoms with van der Waals surface area (Å²) in [7, 11) is 0. The van der Waals surface area contributed by atoms with E-state index in [0.29, 0.717) is 24.1 Å². The first-order valence-electron chi connectivity index (χ1n) is 7.64. The minimum atomic E-state index is -0.430. The normalized spacial score (nSPS) is 18.8. The highest BCUT2D eigenvalue weighted by molar-refractivity contribution is 5.77. The van der Waals surface area contributed by atoms with Gasteiger partial charge in [0, 0.05) is 13.3 Å². The molecule has 0 radical (unpaired) electrons. The number of rotatable bonds is 4. The van der Waals surface area contributed by atoms with Crippen molar-refractivity contribution < 1.29 is 9.32 Å². The van der Waals surface area contributed by atoms with Gasteiger partial charge >= 0.3 is 0 Å². The number of nitrogens with one attached hydrogen (secondary N) is 1. The average Bonchev–Trinajstić information content (AvgIpc) is 2.66. The summed E-state index contributed by atoms with van der Waals surface area (Å²) in [4.78, 5) is 16.6. The Balaban J connectivity index is 2.21. The van der Waals surface area contributed by atoms with Crippen LogP contribution in [0.4, 0.5) is 0 Å². The molecule has 1 fully saturated rings. The van der Waals surface area contributed by atoms with Gasteiger partial charge in [-0.3, -0.25) is 4.79 Å². The van der Waals surface area contributed by atoms with Gasteiger partial charge in [0.1, 0.15) is 5.54 Å². The molecular formula is C15H25N3O2. The van der Waals surface area contributed by atoms with E-state index < -0.39 is 5.54 Å². The number of aromatic nitrogens is 2. The van der Waals surface area contributed by atoms with Crippen LogP contribution < -0.4 is 5.32 Å². The number of carbonyl (C=O) groups excluding carboxylic acids is 1. The molecule has 0 unspecified atom stereocenters. The van der Waals surface area contributed by atoms with Gasteiger partial charge in [0.25, 0.3) is 0 Å². The molecule has 112 valence electrons. The van der Waals surface area contributed by atoms with Crippen LogP contribution in [0.1, 0.15) is 70.5 Å². The van der Waals surface area contributed by atoms with Gasteiger partial charge in [-0.2, -0.15) is 4.98 Å². The molecule has 0 spiro atoms. The monoisotopic (exact) mass is 279 g/mol.